The molecule has 0 saturated heterocycles. The second kappa shape index (κ2) is 2.31. The molecule has 0 aromatic rings. The molecule has 1 rings (SSSR count). The fourth-order valence-corrected chi connectivity index (χ4v) is 0.527. The van der Waals surface area contributed by atoms with Crippen molar-refractivity contribution in [3.05, 3.63) is 24.0 Å². The van der Waals surface area contributed by atoms with Crippen molar-refractivity contribution in [1.82, 2.24) is 0 Å². The monoisotopic (exact) mass is 109 g/mol. The number of allylic oxidation sites excluding steroid dienone is 2. The lowest BCUT2D eigenvalue weighted by Crippen LogP contribution is -1.87. The van der Waals surface area contributed by atoms with Gasteiger partial charge in [0.2, 0.25) is 0 Å². The number of hydrogen-bond donors (Lipinski definition) is 1. The Bertz CT molecular complexity index is 142. The van der Waals surface area contributed by atoms with Crippen LogP contribution in [0.3, 0.4) is 0 Å². The van der Waals surface area contributed by atoms with Crippen LogP contribution in [0.15, 0.2) is 29.0 Å². The van der Waals surface area contributed by atoms with Gasteiger partial charge in [0.15, 0.2) is 0 Å². The van der Waals surface area contributed by atoms with E-state index < -0.39 is 0 Å². The van der Waals surface area contributed by atoms with Crippen LogP contribution in [0.5, 0.6) is 0 Å². The summed E-state index contributed by atoms with van der Waals surface area (Å²) in [5.41, 5.74) is 0.760. The number of hydrogen-bond acceptors (Lipinski definition) is 2. The average Bonchev–Trinajstić information content (AvgIpc) is 1.90. The molecule has 0 aromatic heterocycles. The van der Waals surface area contributed by atoms with E-state index in [-0.39, 0.29) is 0 Å². The molecule has 0 fully saturated rings. The second-order valence-corrected chi connectivity index (χ2v) is 1.53. The van der Waals surface area contributed by atoms with Crippen LogP contribution in [-0.2, 0) is 0 Å². The summed E-state index contributed by atoms with van der Waals surface area (Å²) in [5.74, 6) is 0. The Morgan fingerprint density at radius 2 is 2.62 bits per heavy atom. The van der Waals surface area contributed by atoms with Crippen molar-refractivity contribution in [2.75, 3.05) is 6.54 Å². The maximum absolute atomic E-state index is 8.39. The van der Waals surface area contributed by atoms with Crippen molar-refractivity contribution in [1.29, 1.82) is 0 Å². The molecule has 0 unspecified atom stereocenters. The zero-order valence-corrected chi connectivity index (χ0v) is 4.41. The van der Waals surface area contributed by atoms with Crippen LogP contribution in [0, 0.1) is 0 Å². The van der Waals surface area contributed by atoms with E-state index in [4.69, 9.17) is 5.11 Å². The number of rotatable bonds is 0. The predicted molar refractivity (Wildman–Crippen MR) is 33.2 cm³/mol. The maximum atomic E-state index is 8.39. The van der Waals surface area contributed by atoms with Crippen LogP contribution in [-0.4, -0.2) is 17.9 Å². The van der Waals surface area contributed by atoms with Gasteiger partial charge in [-0.2, -0.15) is 0 Å². The first kappa shape index (κ1) is 5.09. The summed E-state index contributed by atoms with van der Waals surface area (Å²) in [6.45, 7) is 0.733. The quantitative estimate of drug-likeness (QED) is 0.463. The van der Waals surface area contributed by atoms with Crippen LogP contribution in [0.25, 0.3) is 0 Å². The zero-order chi connectivity index (χ0) is 5.82. The molecule has 2 heteroatoms. The van der Waals surface area contributed by atoms with Gasteiger partial charge in [-0.3, -0.25) is 4.99 Å². The predicted octanol–water partition coefficient (Wildman–Crippen LogP) is 1.07. The van der Waals surface area contributed by atoms with E-state index in [1.165, 1.54) is 0 Å². The van der Waals surface area contributed by atoms with E-state index in [0.717, 1.165) is 18.4 Å². The highest BCUT2D eigenvalue weighted by atomic mass is 16.2. The van der Waals surface area contributed by atoms with Gasteiger partial charge in [-0.15, -0.1) is 0 Å². The van der Waals surface area contributed by atoms with Crippen LogP contribution in [0.4, 0.5) is 0 Å². The first-order valence-electron chi connectivity index (χ1n) is 2.44. The number of aliphatic hydroxyl groups excluding tert-OH is 1. The minimum Gasteiger partial charge on any atom is -0.515 e. The summed E-state index contributed by atoms with van der Waals surface area (Å²) in [6, 6.07) is 0. The third-order valence-corrected chi connectivity index (χ3v) is 0.911. The molecule has 0 amide bonds. The van der Waals surface area contributed by atoms with Gasteiger partial charge >= 0.3 is 0 Å². The molecule has 1 N–H and O–H groups in total. The van der Waals surface area contributed by atoms with Crippen LogP contribution in [0.1, 0.15) is 0 Å². The Balaban J connectivity index is 2.69. The minimum absolute atomic E-state index is 0.733. The van der Waals surface area contributed by atoms with Gasteiger partial charge in [-0.1, -0.05) is 12.2 Å². The summed E-state index contributed by atoms with van der Waals surface area (Å²) >= 11 is 0. The summed E-state index contributed by atoms with van der Waals surface area (Å²) in [5, 5.41) is 8.39. The van der Waals surface area contributed by atoms with E-state index >= 15 is 0 Å². The Kier molecular flexibility index (Phi) is 1.47. The number of aliphatic imine (C=N–C) groups is 1. The molecule has 0 atom stereocenters. The molecule has 8 heavy (non-hydrogen) atoms. The third kappa shape index (κ3) is 0.964. The number of dihydropyridines is 1. The second-order valence-electron chi connectivity index (χ2n) is 1.53. The summed E-state index contributed by atoms with van der Waals surface area (Å²) < 4.78 is 0. The molecule has 0 aliphatic carbocycles. The number of nitrogens with zero attached hydrogens (tertiary/aromatic N) is 1. The molecule has 1 aliphatic heterocycles. The van der Waals surface area contributed by atoms with Crippen molar-refractivity contribution >= 4 is 6.21 Å². The van der Waals surface area contributed by atoms with Gasteiger partial charge in [0.05, 0.1) is 12.8 Å². The van der Waals surface area contributed by atoms with Crippen LogP contribution < -0.4 is 0 Å². The molecule has 1 heterocycles. The zero-order valence-electron chi connectivity index (χ0n) is 4.41. The summed E-state index contributed by atoms with van der Waals surface area (Å²) in [6.07, 6.45) is 6.40. The third-order valence-electron chi connectivity index (χ3n) is 0.911. The van der Waals surface area contributed by atoms with Crippen molar-refractivity contribution < 1.29 is 5.11 Å². The van der Waals surface area contributed by atoms with Gasteiger partial charge in [0.25, 0.3) is 0 Å². The van der Waals surface area contributed by atoms with E-state index in [1.807, 2.05) is 12.2 Å². The average molecular weight is 109 g/mol. The summed E-state index contributed by atoms with van der Waals surface area (Å²) in [4.78, 5) is 3.89. The van der Waals surface area contributed by atoms with E-state index in [9.17, 15) is 0 Å². The molecule has 0 aromatic carbocycles. The highest BCUT2D eigenvalue weighted by Crippen LogP contribution is 1.96. The lowest BCUT2D eigenvalue weighted by atomic mass is 10.2. The molecule has 0 saturated carbocycles. The van der Waals surface area contributed by atoms with E-state index in [0.29, 0.717) is 0 Å². The first-order valence-corrected chi connectivity index (χ1v) is 2.44. The Morgan fingerprint density at radius 1 is 1.75 bits per heavy atom. The van der Waals surface area contributed by atoms with Gasteiger partial charge in [-0.05, 0) is 0 Å². The van der Waals surface area contributed by atoms with Crippen molar-refractivity contribution in [3.8, 4) is 0 Å². The molecule has 0 bridgehead atoms. The Labute approximate surface area is 47.9 Å². The van der Waals surface area contributed by atoms with E-state index in [1.54, 1.807) is 6.21 Å². The molecule has 2 nitrogen and oxygen atoms in total. The minimum atomic E-state index is 0.733. The maximum Gasteiger partial charge on any atom is 0.0879 e. The largest absolute Gasteiger partial charge is 0.515 e. The van der Waals surface area contributed by atoms with E-state index in [2.05, 4.69) is 4.99 Å². The molecule has 0 radical (unpaired) electrons. The topological polar surface area (TPSA) is 32.6 Å². The Hall–Kier alpha value is -1.05. The van der Waals surface area contributed by atoms with Gasteiger partial charge in [0.1, 0.15) is 0 Å². The lowest BCUT2D eigenvalue weighted by molar-refractivity contribution is 0.471. The summed E-state index contributed by atoms with van der Waals surface area (Å²) in [7, 11) is 0. The highest BCUT2D eigenvalue weighted by Gasteiger charge is 1.88. The fourth-order valence-electron chi connectivity index (χ4n) is 0.527. The van der Waals surface area contributed by atoms with Crippen molar-refractivity contribution in [2.24, 2.45) is 4.99 Å². The molecule has 42 valence electrons. The normalized spacial score (nSPS) is 22.2. The highest BCUT2D eigenvalue weighted by molar-refractivity contribution is 5.82. The van der Waals surface area contributed by atoms with Crippen LogP contribution >= 0.6 is 0 Å². The van der Waals surface area contributed by atoms with Crippen LogP contribution in [0.2, 0.25) is 0 Å². The smallest absolute Gasteiger partial charge is 0.0879 e. The Morgan fingerprint density at radius 3 is 3.00 bits per heavy atom. The lowest BCUT2D eigenvalue weighted by Gasteiger charge is -1.94. The van der Waals surface area contributed by atoms with Gasteiger partial charge in [-0.25, -0.2) is 0 Å². The van der Waals surface area contributed by atoms with Crippen molar-refractivity contribution in [3.63, 3.8) is 0 Å². The molecule has 0 spiro atoms. The van der Waals surface area contributed by atoms with Gasteiger partial charge in [0, 0.05) is 11.8 Å². The molecular weight excluding hydrogens is 102 g/mol. The fraction of sp³-hybridized carbons (Fsp3) is 0.167. The molecular formula is C6H7NO. The van der Waals surface area contributed by atoms with Gasteiger partial charge < -0.3 is 5.11 Å². The van der Waals surface area contributed by atoms with Crippen molar-refractivity contribution in [2.45, 2.75) is 0 Å². The first-order chi connectivity index (χ1) is 3.93. The standard InChI is InChI=1S/C6H7NO/c8-5-6-2-1-3-7-4-6/h1-2,4-5,8H,3H2. The SMILES string of the molecule is OC=C1C=CCN=C1. The molecule has 1 aliphatic rings. The number of aliphatic hydroxyl groups is 1.